The molecule has 0 aliphatic carbocycles. The van der Waals surface area contributed by atoms with E-state index < -0.39 is 0 Å². The van der Waals surface area contributed by atoms with E-state index in [4.69, 9.17) is 5.73 Å². The fraction of sp³-hybridized carbons (Fsp3) is 0.900. The van der Waals surface area contributed by atoms with Crippen molar-refractivity contribution < 1.29 is 4.79 Å². The summed E-state index contributed by atoms with van der Waals surface area (Å²) in [6.07, 6.45) is 4.32. The third kappa shape index (κ3) is 2.07. The number of carbonyl (C=O) groups excluding carboxylic acids is 1. The minimum atomic E-state index is 0.398. The molecule has 0 spiro atoms. The summed E-state index contributed by atoms with van der Waals surface area (Å²) in [6, 6.07) is 0.988. The zero-order valence-corrected chi connectivity index (χ0v) is 8.56. The van der Waals surface area contributed by atoms with E-state index in [1.165, 1.54) is 0 Å². The first-order chi connectivity index (χ1) is 6.79. The second kappa shape index (κ2) is 4.28. The van der Waals surface area contributed by atoms with Crippen molar-refractivity contribution in [2.45, 2.75) is 31.3 Å². The molecule has 1 unspecified atom stereocenters. The minimum absolute atomic E-state index is 0.398. The van der Waals surface area contributed by atoms with E-state index in [-0.39, 0.29) is 0 Å². The fourth-order valence-electron chi connectivity index (χ4n) is 2.45. The van der Waals surface area contributed by atoms with Gasteiger partial charge in [0.15, 0.2) is 0 Å². The Morgan fingerprint density at radius 1 is 1.14 bits per heavy atom. The summed E-state index contributed by atoms with van der Waals surface area (Å²) in [7, 11) is 0. The molecule has 4 nitrogen and oxygen atoms in total. The Labute approximate surface area is 85.0 Å². The Bertz CT molecular complexity index is 202. The van der Waals surface area contributed by atoms with Crippen molar-refractivity contribution in [1.82, 2.24) is 9.80 Å². The molecule has 4 heteroatoms. The summed E-state index contributed by atoms with van der Waals surface area (Å²) in [5, 5.41) is 0. The van der Waals surface area contributed by atoms with Gasteiger partial charge in [0.1, 0.15) is 0 Å². The topological polar surface area (TPSA) is 49.6 Å². The summed E-state index contributed by atoms with van der Waals surface area (Å²) < 4.78 is 0. The van der Waals surface area contributed by atoms with Crippen molar-refractivity contribution in [2.75, 3.05) is 26.2 Å². The summed E-state index contributed by atoms with van der Waals surface area (Å²) in [4.78, 5) is 14.9. The van der Waals surface area contributed by atoms with E-state index in [9.17, 15) is 4.79 Å². The van der Waals surface area contributed by atoms with Crippen molar-refractivity contribution in [1.29, 1.82) is 0 Å². The number of rotatable bonds is 2. The quantitative estimate of drug-likeness (QED) is 0.615. The van der Waals surface area contributed by atoms with Gasteiger partial charge in [0, 0.05) is 25.2 Å². The Morgan fingerprint density at radius 2 is 1.86 bits per heavy atom. The number of nitrogens with two attached hydrogens (primary N) is 1. The SMILES string of the molecule is NC1CCN(C2CCN(C=O)C2)CC1. The highest BCUT2D eigenvalue weighted by Gasteiger charge is 2.28. The molecule has 2 heterocycles. The second-order valence-corrected chi connectivity index (χ2v) is 4.42. The van der Waals surface area contributed by atoms with Crippen molar-refractivity contribution >= 4 is 6.41 Å². The lowest BCUT2D eigenvalue weighted by Gasteiger charge is -2.34. The second-order valence-electron chi connectivity index (χ2n) is 4.42. The van der Waals surface area contributed by atoms with Gasteiger partial charge in [-0.2, -0.15) is 0 Å². The average molecular weight is 197 g/mol. The van der Waals surface area contributed by atoms with Crippen molar-refractivity contribution in [2.24, 2.45) is 5.73 Å². The van der Waals surface area contributed by atoms with Gasteiger partial charge in [-0.25, -0.2) is 0 Å². The molecular weight excluding hydrogens is 178 g/mol. The smallest absolute Gasteiger partial charge is 0.209 e. The molecule has 2 N–H and O–H groups in total. The molecule has 0 aromatic carbocycles. The monoisotopic (exact) mass is 197 g/mol. The van der Waals surface area contributed by atoms with Gasteiger partial charge in [-0.1, -0.05) is 0 Å². The molecule has 0 saturated carbocycles. The predicted molar refractivity (Wildman–Crippen MR) is 54.8 cm³/mol. The highest BCUT2D eigenvalue weighted by Crippen LogP contribution is 2.18. The normalized spacial score (nSPS) is 30.9. The molecule has 2 rings (SSSR count). The molecule has 0 bridgehead atoms. The van der Waals surface area contributed by atoms with Crippen LogP contribution in [0.15, 0.2) is 0 Å². The summed E-state index contributed by atoms with van der Waals surface area (Å²) in [5.74, 6) is 0. The first-order valence-corrected chi connectivity index (χ1v) is 5.48. The van der Waals surface area contributed by atoms with Crippen LogP contribution in [0.25, 0.3) is 0 Å². The number of nitrogens with zero attached hydrogens (tertiary/aromatic N) is 2. The summed E-state index contributed by atoms with van der Waals surface area (Å²) >= 11 is 0. The van der Waals surface area contributed by atoms with Gasteiger partial charge in [0.25, 0.3) is 0 Å². The molecule has 1 amide bonds. The Morgan fingerprint density at radius 3 is 2.43 bits per heavy atom. The lowest BCUT2D eigenvalue weighted by molar-refractivity contribution is -0.117. The van der Waals surface area contributed by atoms with Crippen LogP contribution in [0.5, 0.6) is 0 Å². The molecule has 0 aromatic heterocycles. The number of likely N-dealkylation sites (tertiary alicyclic amines) is 2. The highest BCUT2D eigenvalue weighted by molar-refractivity contribution is 5.47. The average Bonchev–Trinajstić information content (AvgIpc) is 2.67. The maximum absolute atomic E-state index is 10.6. The standard InChI is InChI=1S/C10H19N3O/c11-9-1-5-13(6-2-9)10-3-4-12(7-10)8-14/h8-10H,1-7,11H2. The van der Waals surface area contributed by atoms with Crippen LogP contribution >= 0.6 is 0 Å². The van der Waals surface area contributed by atoms with Gasteiger partial charge < -0.3 is 10.6 Å². The maximum Gasteiger partial charge on any atom is 0.209 e. The molecule has 2 aliphatic rings. The number of carbonyl (C=O) groups is 1. The number of amides is 1. The van der Waals surface area contributed by atoms with E-state index in [2.05, 4.69) is 4.90 Å². The van der Waals surface area contributed by atoms with Gasteiger partial charge in [0.05, 0.1) is 0 Å². The predicted octanol–water partition coefficient (Wildman–Crippen LogP) is -0.360. The van der Waals surface area contributed by atoms with Gasteiger partial charge in [-0.3, -0.25) is 9.69 Å². The summed E-state index contributed by atoms with van der Waals surface area (Å²) in [6.45, 7) is 4.06. The molecule has 2 aliphatic heterocycles. The third-order valence-electron chi connectivity index (χ3n) is 3.43. The Balaban J connectivity index is 1.82. The summed E-state index contributed by atoms with van der Waals surface area (Å²) in [5.41, 5.74) is 5.86. The van der Waals surface area contributed by atoms with Crippen LogP contribution in [0.4, 0.5) is 0 Å². The number of hydrogen-bond donors (Lipinski definition) is 1. The van der Waals surface area contributed by atoms with Crippen LogP contribution in [0.2, 0.25) is 0 Å². The molecular formula is C10H19N3O. The molecule has 80 valence electrons. The maximum atomic E-state index is 10.6. The van der Waals surface area contributed by atoms with Gasteiger partial charge >= 0.3 is 0 Å². The van der Waals surface area contributed by atoms with E-state index in [0.717, 1.165) is 51.9 Å². The minimum Gasteiger partial charge on any atom is -0.344 e. The third-order valence-corrected chi connectivity index (χ3v) is 3.43. The van der Waals surface area contributed by atoms with Crippen LogP contribution in [0.3, 0.4) is 0 Å². The van der Waals surface area contributed by atoms with Gasteiger partial charge in [-0.15, -0.1) is 0 Å². The number of piperidine rings is 1. The van der Waals surface area contributed by atoms with E-state index in [1.807, 2.05) is 4.90 Å². The molecule has 0 aromatic rings. The van der Waals surface area contributed by atoms with E-state index >= 15 is 0 Å². The van der Waals surface area contributed by atoms with Crippen LogP contribution in [0.1, 0.15) is 19.3 Å². The lowest BCUT2D eigenvalue weighted by atomic mass is 10.0. The van der Waals surface area contributed by atoms with Crippen LogP contribution in [-0.4, -0.2) is 54.5 Å². The van der Waals surface area contributed by atoms with Gasteiger partial charge in [-0.05, 0) is 32.4 Å². The van der Waals surface area contributed by atoms with Crippen LogP contribution in [0, 0.1) is 0 Å². The zero-order valence-electron chi connectivity index (χ0n) is 8.56. The van der Waals surface area contributed by atoms with Crippen molar-refractivity contribution in [3.8, 4) is 0 Å². The Kier molecular flexibility index (Phi) is 3.03. The first kappa shape index (κ1) is 9.93. The lowest BCUT2D eigenvalue weighted by Crippen LogP contribution is -2.45. The first-order valence-electron chi connectivity index (χ1n) is 5.48. The fourth-order valence-corrected chi connectivity index (χ4v) is 2.45. The number of hydrogen-bond acceptors (Lipinski definition) is 3. The highest BCUT2D eigenvalue weighted by atomic mass is 16.1. The van der Waals surface area contributed by atoms with Gasteiger partial charge in [0.2, 0.25) is 6.41 Å². The van der Waals surface area contributed by atoms with Crippen molar-refractivity contribution in [3.63, 3.8) is 0 Å². The van der Waals surface area contributed by atoms with Crippen molar-refractivity contribution in [3.05, 3.63) is 0 Å². The molecule has 14 heavy (non-hydrogen) atoms. The van der Waals surface area contributed by atoms with Crippen LogP contribution < -0.4 is 5.73 Å². The molecule has 0 radical (unpaired) electrons. The molecule has 2 saturated heterocycles. The van der Waals surface area contributed by atoms with E-state index in [0.29, 0.717) is 12.1 Å². The largest absolute Gasteiger partial charge is 0.344 e. The molecule has 2 fully saturated rings. The van der Waals surface area contributed by atoms with Crippen LogP contribution in [-0.2, 0) is 4.79 Å². The Hall–Kier alpha value is -0.610. The van der Waals surface area contributed by atoms with E-state index in [1.54, 1.807) is 0 Å². The zero-order chi connectivity index (χ0) is 9.97. The molecule has 1 atom stereocenters.